The zero-order chi connectivity index (χ0) is 15.7. The summed E-state index contributed by atoms with van der Waals surface area (Å²) in [5.41, 5.74) is 0.753. The predicted molar refractivity (Wildman–Crippen MR) is 90.4 cm³/mol. The minimum absolute atomic E-state index is 0.0871. The lowest BCUT2D eigenvalue weighted by Crippen LogP contribution is -2.25. The van der Waals surface area contributed by atoms with E-state index in [9.17, 15) is 4.39 Å². The van der Waals surface area contributed by atoms with Crippen LogP contribution in [0.1, 0.15) is 70.9 Å². The Morgan fingerprint density at radius 1 is 1.19 bits per heavy atom. The Bertz CT molecular complexity index is 408. The molecule has 2 unspecified atom stereocenters. The van der Waals surface area contributed by atoms with Crippen molar-refractivity contribution in [2.75, 3.05) is 6.54 Å². The van der Waals surface area contributed by atoms with E-state index < -0.39 is 0 Å². The standard InChI is InChI=1S/C18H29ClFN/c1-4-7-8-14(6-3)12-18(21-11-5-2)16-10-9-15(19)13-17(16)20/h9-10,13-14,18,21H,4-8,11-12H2,1-3H3. The molecule has 0 saturated carbocycles. The molecule has 0 spiro atoms. The van der Waals surface area contributed by atoms with Gasteiger partial charge in [0, 0.05) is 16.6 Å². The zero-order valence-corrected chi connectivity index (χ0v) is 14.3. The summed E-state index contributed by atoms with van der Waals surface area (Å²) in [5, 5.41) is 3.97. The third kappa shape index (κ3) is 6.36. The van der Waals surface area contributed by atoms with Crippen molar-refractivity contribution in [3.63, 3.8) is 0 Å². The van der Waals surface area contributed by atoms with Crippen molar-refractivity contribution >= 4 is 11.6 Å². The van der Waals surface area contributed by atoms with Gasteiger partial charge < -0.3 is 5.32 Å². The summed E-state index contributed by atoms with van der Waals surface area (Å²) in [6.45, 7) is 7.50. The largest absolute Gasteiger partial charge is 0.310 e. The molecule has 1 nitrogen and oxygen atoms in total. The number of hydrogen-bond donors (Lipinski definition) is 1. The smallest absolute Gasteiger partial charge is 0.129 e. The summed E-state index contributed by atoms with van der Waals surface area (Å²) < 4.78 is 14.2. The van der Waals surface area contributed by atoms with Crippen LogP contribution in [0.3, 0.4) is 0 Å². The number of halogens is 2. The molecule has 1 N–H and O–H groups in total. The van der Waals surface area contributed by atoms with Gasteiger partial charge in [0.25, 0.3) is 0 Å². The topological polar surface area (TPSA) is 12.0 Å². The SMILES string of the molecule is CCCCC(CC)CC(NCCC)c1ccc(Cl)cc1F. The van der Waals surface area contributed by atoms with Gasteiger partial charge in [-0.3, -0.25) is 0 Å². The normalized spacial score (nSPS) is 14.1. The van der Waals surface area contributed by atoms with Crippen molar-refractivity contribution in [1.82, 2.24) is 5.32 Å². The molecule has 120 valence electrons. The van der Waals surface area contributed by atoms with Crippen LogP contribution in [-0.4, -0.2) is 6.54 Å². The van der Waals surface area contributed by atoms with Crippen LogP contribution in [-0.2, 0) is 0 Å². The molecule has 1 aromatic rings. The van der Waals surface area contributed by atoms with Crippen LogP contribution < -0.4 is 5.32 Å². The van der Waals surface area contributed by atoms with E-state index in [2.05, 4.69) is 26.1 Å². The molecule has 0 aromatic heterocycles. The maximum absolute atomic E-state index is 14.2. The first-order chi connectivity index (χ1) is 10.1. The van der Waals surface area contributed by atoms with Gasteiger partial charge in [-0.25, -0.2) is 4.39 Å². The molecule has 0 aliphatic carbocycles. The molecule has 0 fully saturated rings. The molecular weight excluding hydrogens is 285 g/mol. The fraction of sp³-hybridized carbons (Fsp3) is 0.667. The minimum atomic E-state index is -0.193. The van der Waals surface area contributed by atoms with Crippen LogP contribution in [0.25, 0.3) is 0 Å². The van der Waals surface area contributed by atoms with Crippen LogP contribution in [0.2, 0.25) is 5.02 Å². The lowest BCUT2D eigenvalue weighted by Gasteiger charge is -2.25. The van der Waals surface area contributed by atoms with Gasteiger partial charge in [-0.2, -0.15) is 0 Å². The fourth-order valence-electron chi connectivity index (χ4n) is 2.74. The molecule has 0 radical (unpaired) electrons. The Morgan fingerprint density at radius 3 is 2.52 bits per heavy atom. The predicted octanol–water partition coefficient (Wildman–Crippen LogP) is 6.13. The van der Waals surface area contributed by atoms with Gasteiger partial charge in [-0.1, -0.05) is 64.1 Å². The summed E-state index contributed by atoms with van der Waals surface area (Å²) in [4.78, 5) is 0. The number of rotatable bonds is 10. The van der Waals surface area contributed by atoms with Crippen LogP contribution >= 0.6 is 11.6 Å². The van der Waals surface area contributed by atoms with E-state index in [1.54, 1.807) is 6.07 Å². The Kier molecular flexibility index (Phi) is 8.94. The third-order valence-electron chi connectivity index (χ3n) is 4.09. The quantitative estimate of drug-likeness (QED) is 0.548. The maximum atomic E-state index is 14.2. The van der Waals surface area contributed by atoms with E-state index in [4.69, 9.17) is 11.6 Å². The fourth-order valence-corrected chi connectivity index (χ4v) is 2.90. The highest BCUT2D eigenvalue weighted by Crippen LogP contribution is 2.29. The molecular formula is C18H29ClFN. The van der Waals surface area contributed by atoms with Gasteiger partial charge in [-0.05, 0) is 37.4 Å². The maximum Gasteiger partial charge on any atom is 0.129 e. The van der Waals surface area contributed by atoms with Gasteiger partial charge in [0.05, 0.1) is 0 Å². The van der Waals surface area contributed by atoms with E-state index in [-0.39, 0.29) is 11.9 Å². The summed E-state index contributed by atoms with van der Waals surface area (Å²) in [6, 6.07) is 5.12. The number of benzene rings is 1. The molecule has 1 rings (SSSR count). The minimum Gasteiger partial charge on any atom is -0.310 e. The Hall–Kier alpha value is -0.600. The summed E-state index contributed by atoms with van der Waals surface area (Å²) in [5.74, 6) is 0.454. The van der Waals surface area contributed by atoms with Crippen molar-refractivity contribution in [3.8, 4) is 0 Å². The third-order valence-corrected chi connectivity index (χ3v) is 4.33. The van der Waals surface area contributed by atoms with Crippen molar-refractivity contribution < 1.29 is 4.39 Å². The van der Waals surface area contributed by atoms with Crippen molar-refractivity contribution in [3.05, 3.63) is 34.6 Å². The van der Waals surface area contributed by atoms with Gasteiger partial charge in [-0.15, -0.1) is 0 Å². The lowest BCUT2D eigenvalue weighted by atomic mass is 9.89. The monoisotopic (exact) mass is 313 g/mol. The highest BCUT2D eigenvalue weighted by molar-refractivity contribution is 6.30. The summed E-state index contributed by atoms with van der Waals surface area (Å²) in [6.07, 6.45) is 6.90. The zero-order valence-electron chi connectivity index (χ0n) is 13.6. The molecule has 3 heteroatoms. The summed E-state index contributed by atoms with van der Waals surface area (Å²) in [7, 11) is 0. The van der Waals surface area contributed by atoms with Crippen LogP contribution in [0.4, 0.5) is 4.39 Å². The molecule has 2 atom stereocenters. The van der Waals surface area contributed by atoms with E-state index in [0.717, 1.165) is 31.4 Å². The van der Waals surface area contributed by atoms with Crippen molar-refractivity contribution in [2.45, 2.75) is 65.3 Å². The summed E-state index contributed by atoms with van der Waals surface area (Å²) >= 11 is 5.87. The van der Waals surface area contributed by atoms with Gasteiger partial charge >= 0.3 is 0 Å². The van der Waals surface area contributed by atoms with E-state index in [1.807, 2.05) is 6.07 Å². The highest BCUT2D eigenvalue weighted by Gasteiger charge is 2.19. The molecule has 0 aliphatic heterocycles. The highest BCUT2D eigenvalue weighted by atomic mass is 35.5. The van der Waals surface area contributed by atoms with E-state index in [0.29, 0.717) is 10.9 Å². The molecule has 0 aliphatic rings. The first-order valence-electron chi connectivity index (χ1n) is 8.30. The van der Waals surface area contributed by atoms with E-state index >= 15 is 0 Å². The van der Waals surface area contributed by atoms with Gasteiger partial charge in [0.15, 0.2) is 0 Å². The first-order valence-corrected chi connectivity index (χ1v) is 8.68. The number of unbranched alkanes of at least 4 members (excludes halogenated alkanes) is 1. The van der Waals surface area contributed by atoms with Gasteiger partial charge in [0.2, 0.25) is 0 Å². The molecule has 21 heavy (non-hydrogen) atoms. The second-order valence-corrected chi connectivity index (χ2v) is 6.26. The van der Waals surface area contributed by atoms with E-state index in [1.165, 1.54) is 25.3 Å². The first kappa shape index (κ1) is 18.4. The number of nitrogens with one attached hydrogen (secondary N) is 1. The van der Waals surface area contributed by atoms with Crippen molar-refractivity contribution in [1.29, 1.82) is 0 Å². The average Bonchev–Trinajstić information content (AvgIpc) is 2.47. The number of hydrogen-bond acceptors (Lipinski definition) is 1. The van der Waals surface area contributed by atoms with Gasteiger partial charge in [0.1, 0.15) is 5.82 Å². The lowest BCUT2D eigenvalue weighted by molar-refractivity contribution is 0.348. The Labute approximate surface area is 134 Å². The average molecular weight is 314 g/mol. The molecule has 0 amide bonds. The Balaban J connectivity index is 2.83. The molecule has 0 bridgehead atoms. The molecule has 1 aromatic carbocycles. The molecule has 0 saturated heterocycles. The second kappa shape index (κ2) is 10.2. The van der Waals surface area contributed by atoms with Crippen LogP contribution in [0, 0.1) is 11.7 Å². The van der Waals surface area contributed by atoms with Crippen LogP contribution in [0.15, 0.2) is 18.2 Å². The molecule has 0 heterocycles. The van der Waals surface area contributed by atoms with Crippen LogP contribution in [0.5, 0.6) is 0 Å². The Morgan fingerprint density at radius 2 is 1.95 bits per heavy atom. The van der Waals surface area contributed by atoms with Crippen molar-refractivity contribution in [2.24, 2.45) is 5.92 Å². The second-order valence-electron chi connectivity index (χ2n) is 5.82.